The number of benzene rings is 2. The monoisotopic (exact) mass is 480 g/mol. The number of aromatic nitrogens is 1. The van der Waals surface area contributed by atoms with Crippen LogP contribution >= 0.6 is 23.2 Å². The van der Waals surface area contributed by atoms with Crippen molar-refractivity contribution in [3.05, 3.63) is 87.7 Å². The van der Waals surface area contributed by atoms with Crippen LogP contribution in [0.3, 0.4) is 0 Å². The molecule has 1 aliphatic heterocycles. The Balaban J connectivity index is 1.79. The van der Waals surface area contributed by atoms with E-state index in [1.54, 1.807) is 25.5 Å². The zero-order valence-corrected chi connectivity index (χ0v) is 18.2. The van der Waals surface area contributed by atoms with Crippen molar-refractivity contribution in [3.63, 3.8) is 0 Å². The van der Waals surface area contributed by atoms with E-state index in [0.29, 0.717) is 16.1 Å². The largest absolute Gasteiger partial charge is 0.490 e. The van der Waals surface area contributed by atoms with Crippen molar-refractivity contribution in [1.82, 2.24) is 9.88 Å². The predicted octanol–water partition coefficient (Wildman–Crippen LogP) is 6.24. The van der Waals surface area contributed by atoms with Gasteiger partial charge in [-0.1, -0.05) is 53.5 Å². The van der Waals surface area contributed by atoms with E-state index in [1.807, 2.05) is 36.4 Å². The highest BCUT2D eigenvalue weighted by Gasteiger charge is 2.45. The lowest BCUT2D eigenvalue weighted by Crippen LogP contribution is -2.40. The molecule has 0 saturated heterocycles. The number of hydrogen-bond donors (Lipinski definition) is 0. The van der Waals surface area contributed by atoms with Crippen LogP contribution in [-0.4, -0.2) is 35.6 Å². The molecule has 32 heavy (non-hydrogen) atoms. The van der Waals surface area contributed by atoms with Crippen LogP contribution in [0.2, 0.25) is 10.0 Å². The second-order valence-electron chi connectivity index (χ2n) is 7.51. The molecule has 166 valence electrons. The minimum Gasteiger partial charge on any atom is -0.435 e. The maximum absolute atomic E-state index is 12.9. The number of nitrogens with zero attached hydrogens (tertiary/aromatic N) is 2. The Morgan fingerprint density at radius 3 is 2.56 bits per heavy atom. The molecule has 0 radical (unpaired) electrons. The molecular weight excluding hydrogens is 464 g/mol. The van der Waals surface area contributed by atoms with Gasteiger partial charge in [0.2, 0.25) is 0 Å². The molecule has 0 fully saturated rings. The molecule has 0 aliphatic carbocycles. The van der Waals surface area contributed by atoms with E-state index in [2.05, 4.69) is 4.98 Å². The summed E-state index contributed by atoms with van der Waals surface area (Å²) in [4.78, 5) is 17.3. The van der Waals surface area contributed by atoms with Crippen LogP contribution in [0.25, 0.3) is 11.1 Å². The normalized spacial score (nSPS) is 18.8. The number of carbonyl (C=O) groups is 1. The molecule has 0 spiro atoms. The summed E-state index contributed by atoms with van der Waals surface area (Å²) in [6, 6.07) is 14.6. The first-order chi connectivity index (χ1) is 15.1. The second-order valence-corrected chi connectivity index (χ2v) is 8.35. The standard InChI is InChI=1S/C23H17Cl2F3N2O2/c1-30-12-18(14-5-2-4-13(8-14)15-6-3-7-29-11-15)17-9-16(24)10-19(25)20(17)21(30)32-22(31)23(26,27)28/h2-11,18,21H,12H2,1H3/t18-,21?/m0/s1. The summed E-state index contributed by atoms with van der Waals surface area (Å²) in [6.07, 6.45) is -2.97. The average Bonchev–Trinajstić information content (AvgIpc) is 2.75. The van der Waals surface area contributed by atoms with Crippen molar-refractivity contribution in [2.45, 2.75) is 18.3 Å². The zero-order chi connectivity index (χ0) is 23.0. The summed E-state index contributed by atoms with van der Waals surface area (Å²) in [5, 5.41) is 0.472. The first-order valence-corrected chi connectivity index (χ1v) is 10.4. The van der Waals surface area contributed by atoms with Crippen LogP contribution in [0.4, 0.5) is 13.2 Å². The third kappa shape index (κ3) is 4.46. The molecule has 4 rings (SSSR count). The second kappa shape index (κ2) is 8.73. The Labute approximate surface area is 192 Å². The van der Waals surface area contributed by atoms with Crippen LogP contribution < -0.4 is 0 Å². The van der Waals surface area contributed by atoms with Gasteiger partial charge < -0.3 is 4.74 Å². The van der Waals surface area contributed by atoms with Crippen LogP contribution in [-0.2, 0) is 9.53 Å². The van der Waals surface area contributed by atoms with Gasteiger partial charge in [-0.3, -0.25) is 9.88 Å². The lowest BCUT2D eigenvalue weighted by Gasteiger charge is -2.39. The molecule has 0 amide bonds. The predicted molar refractivity (Wildman–Crippen MR) is 115 cm³/mol. The Bertz CT molecular complexity index is 1160. The van der Waals surface area contributed by atoms with Gasteiger partial charge in [0.25, 0.3) is 0 Å². The fourth-order valence-electron chi connectivity index (χ4n) is 3.93. The summed E-state index contributed by atoms with van der Waals surface area (Å²) in [5.74, 6) is -2.54. The first-order valence-electron chi connectivity index (χ1n) is 9.62. The van der Waals surface area contributed by atoms with Crippen LogP contribution in [0.5, 0.6) is 0 Å². The summed E-state index contributed by atoms with van der Waals surface area (Å²) < 4.78 is 43.4. The highest BCUT2D eigenvalue weighted by atomic mass is 35.5. The van der Waals surface area contributed by atoms with E-state index in [1.165, 1.54) is 11.0 Å². The minimum atomic E-state index is -5.12. The van der Waals surface area contributed by atoms with Gasteiger partial charge in [0, 0.05) is 35.4 Å². The molecule has 1 aliphatic rings. The fourth-order valence-corrected chi connectivity index (χ4v) is 4.53. The van der Waals surface area contributed by atoms with Gasteiger partial charge in [-0.2, -0.15) is 13.2 Å². The molecule has 9 heteroatoms. The molecule has 3 aromatic rings. The van der Waals surface area contributed by atoms with E-state index in [0.717, 1.165) is 16.7 Å². The third-order valence-corrected chi connectivity index (χ3v) is 5.88. The van der Waals surface area contributed by atoms with Gasteiger partial charge >= 0.3 is 12.1 Å². The number of fused-ring (bicyclic) bond motifs is 1. The number of hydrogen-bond acceptors (Lipinski definition) is 4. The fraction of sp³-hybridized carbons (Fsp3) is 0.217. The third-order valence-electron chi connectivity index (χ3n) is 5.35. The van der Waals surface area contributed by atoms with Crippen molar-refractivity contribution in [1.29, 1.82) is 0 Å². The van der Waals surface area contributed by atoms with Crippen LogP contribution in [0, 0.1) is 0 Å². The van der Waals surface area contributed by atoms with E-state index in [4.69, 9.17) is 27.9 Å². The summed E-state index contributed by atoms with van der Waals surface area (Å²) >= 11 is 12.6. The number of ether oxygens (including phenoxy) is 1. The first kappa shape index (κ1) is 22.6. The topological polar surface area (TPSA) is 42.4 Å². The number of halogens is 5. The molecule has 4 nitrogen and oxygen atoms in total. The number of carbonyl (C=O) groups excluding carboxylic acids is 1. The molecule has 1 aromatic heterocycles. The molecule has 0 saturated carbocycles. The molecule has 1 unspecified atom stereocenters. The van der Waals surface area contributed by atoms with Crippen LogP contribution in [0.15, 0.2) is 60.9 Å². The van der Waals surface area contributed by atoms with Gasteiger partial charge in [0.1, 0.15) is 0 Å². The van der Waals surface area contributed by atoms with Crippen molar-refractivity contribution in [2.75, 3.05) is 13.6 Å². The van der Waals surface area contributed by atoms with Gasteiger partial charge in [-0.25, -0.2) is 4.79 Å². The number of pyridine rings is 1. The van der Waals surface area contributed by atoms with Gasteiger partial charge in [-0.05, 0) is 47.5 Å². The highest BCUT2D eigenvalue weighted by Crippen LogP contribution is 2.45. The molecule has 0 N–H and O–H groups in total. The summed E-state index contributed by atoms with van der Waals surface area (Å²) in [5.41, 5.74) is 3.69. The summed E-state index contributed by atoms with van der Waals surface area (Å²) in [6.45, 7) is 0.288. The minimum absolute atomic E-state index is 0.132. The molecule has 2 atom stereocenters. The number of likely N-dealkylation sites (N-methyl/N-ethyl adjacent to an activating group) is 1. The van der Waals surface area contributed by atoms with Gasteiger partial charge in [0.15, 0.2) is 6.23 Å². The van der Waals surface area contributed by atoms with Gasteiger partial charge in [-0.15, -0.1) is 0 Å². The maximum atomic E-state index is 12.9. The van der Waals surface area contributed by atoms with Crippen molar-refractivity contribution >= 4 is 29.2 Å². The van der Waals surface area contributed by atoms with Crippen molar-refractivity contribution in [3.8, 4) is 11.1 Å². The Morgan fingerprint density at radius 2 is 1.88 bits per heavy atom. The Kier molecular flexibility index (Phi) is 6.16. The molecule has 0 bridgehead atoms. The Morgan fingerprint density at radius 1 is 1.12 bits per heavy atom. The number of rotatable bonds is 3. The molecule has 2 heterocycles. The Hall–Kier alpha value is -2.61. The van der Waals surface area contributed by atoms with E-state index in [-0.39, 0.29) is 17.5 Å². The SMILES string of the molecule is CN1C[C@@H](c2cccc(-c3cccnc3)c2)c2cc(Cl)cc(Cl)c2C1OC(=O)C(F)(F)F. The average molecular weight is 481 g/mol. The lowest BCUT2D eigenvalue weighted by molar-refractivity contribution is -0.213. The van der Waals surface area contributed by atoms with Gasteiger partial charge in [0.05, 0.1) is 5.02 Å². The molecular formula is C23H17Cl2F3N2O2. The number of esters is 1. The van der Waals surface area contributed by atoms with Crippen LogP contribution in [0.1, 0.15) is 28.8 Å². The van der Waals surface area contributed by atoms with Crippen molar-refractivity contribution in [2.24, 2.45) is 0 Å². The van der Waals surface area contributed by atoms with E-state index in [9.17, 15) is 18.0 Å². The summed E-state index contributed by atoms with van der Waals surface area (Å²) in [7, 11) is 1.58. The number of alkyl halides is 3. The molecule has 2 aromatic carbocycles. The smallest absolute Gasteiger partial charge is 0.435 e. The zero-order valence-electron chi connectivity index (χ0n) is 16.7. The maximum Gasteiger partial charge on any atom is 0.490 e. The van der Waals surface area contributed by atoms with E-state index < -0.39 is 18.4 Å². The lowest BCUT2D eigenvalue weighted by atomic mass is 9.83. The van der Waals surface area contributed by atoms with Crippen molar-refractivity contribution < 1.29 is 22.7 Å². The quantitative estimate of drug-likeness (QED) is 0.416. The highest BCUT2D eigenvalue weighted by molar-refractivity contribution is 6.35. The van der Waals surface area contributed by atoms with E-state index >= 15 is 0 Å².